The number of hydrogen-bond acceptors (Lipinski definition) is 5. The summed E-state index contributed by atoms with van der Waals surface area (Å²) in [5, 5.41) is 0.779. The Bertz CT molecular complexity index is 1330. The lowest BCUT2D eigenvalue weighted by molar-refractivity contribution is -0.136. The first-order valence-electron chi connectivity index (χ1n) is 15.1. The van der Waals surface area contributed by atoms with E-state index in [-0.39, 0.29) is 11.8 Å². The third-order valence-corrected chi connectivity index (χ3v) is 9.38. The molecule has 3 aliphatic heterocycles. The Morgan fingerprint density at radius 1 is 0.902 bits per heavy atom. The van der Waals surface area contributed by atoms with Crippen LogP contribution in [0.4, 0.5) is 0 Å². The number of piperazine rings is 1. The maximum atomic E-state index is 13.3. The first-order chi connectivity index (χ1) is 20.0. The molecule has 216 valence electrons. The van der Waals surface area contributed by atoms with Gasteiger partial charge in [0, 0.05) is 56.3 Å². The van der Waals surface area contributed by atoms with E-state index in [4.69, 9.17) is 22.1 Å². The smallest absolute Gasteiger partial charge is 0.239 e. The van der Waals surface area contributed by atoms with Gasteiger partial charge >= 0.3 is 0 Å². The minimum absolute atomic E-state index is 0.124. The van der Waals surface area contributed by atoms with Crippen molar-refractivity contribution < 1.29 is 9.53 Å². The Morgan fingerprint density at radius 3 is 2.46 bits per heavy atom. The van der Waals surface area contributed by atoms with Gasteiger partial charge in [0.1, 0.15) is 5.75 Å². The predicted octanol–water partition coefficient (Wildman–Crippen LogP) is 4.87. The van der Waals surface area contributed by atoms with Crippen molar-refractivity contribution in [1.29, 1.82) is 0 Å². The fraction of sp³-hybridized carbons (Fsp3) is 0.441. The summed E-state index contributed by atoms with van der Waals surface area (Å²) in [6, 6.07) is 22.8. The van der Waals surface area contributed by atoms with E-state index in [0.29, 0.717) is 0 Å². The zero-order valence-electron chi connectivity index (χ0n) is 23.8. The van der Waals surface area contributed by atoms with Gasteiger partial charge in [-0.3, -0.25) is 9.69 Å². The van der Waals surface area contributed by atoms with E-state index < -0.39 is 6.04 Å². The quantitative estimate of drug-likeness (QED) is 0.417. The second kappa shape index (κ2) is 13.0. The molecule has 0 aromatic heterocycles. The Balaban J connectivity index is 0.962. The van der Waals surface area contributed by atoms with E-state index >= 15 is 0 Å². The largest absolute Gasteiger partial charge is 0.493 e. The van der Waals surface area contributed by atoms with Gasteiger partial charge in [0.15, 0.2) is 0 Å². The van der Waals surface area contributed by atoms with Crippen molar-refractivity contribution in [3.05, 3.63) is 88.4 Å². The van der Waals surface area contributed by atoms with Crippen LogP contribution in [0.1, 0.15) is 29.5 Å². The average molecular weight is 573 g/mol. The van der Waals surface area contributed by atoms with Crippen LogP contribution in [-0.4, -0.2) is 79.1 Å². The van der Waals surface area contributed by atoms with Crippen LogP contribution in [0.5, 0.6) is 5.75 Å². The van der Waals surface area contributed by atoms with Crippen molar-refractivity contribution in [3.8, 4) is 16.9 Å². The van der Waals surface area contributed by atoms with Gasteiger partial charge in [-0.2, -0.15) is 0 Å². The highest BCUT2D eigenvalue weighted by Crippen LogP contribution is 2.31. The van der Waals surface area contributed by atoms with E-state index in [0.717, 1.165) is 95.4 Å². The third kappa shape index (κ3) is 6.62. The highest BCUT2D eigenvalue weighted by molar-refractivity contribution is 6.30. The van der Waals surface area contributed by atoms with Gasteiger partial charge < -0.3 is 20.3 Å². The van der Waals surface area contributed by atoms with E-state index in [1.54, 1.807) is 0 Å². The molecule has 0 spiro atoms. The van der Waals surface area contributed by atoms with Gasteiger partial charge in [0.05, 0.1) is 12.6 Å². The maximum absolute atomic E-state index is 13.3. The standard InChI is InChI=1S/C34H41ClN4O2/c35-30-9-10-31(25-5-2-1-3-6-25)28(23-30)13-17-37-15-11-26(12-16-37)32(36)34(40)39-20-18-38(19-21-39)24-29-8-4-7-27-14-22-41-33(27)29/h1-10,23,26,32H,11-22,24,36H2/t32-/m1/s1. The number of halogens is 1. The van der Waals surface area contributed by atoms with Gasteiger partial charge in [-0.1, -0.05) is 66.2 Å². The monoisotopic (exact) mass is 572 g/mol. The molecule has 0 bridgehead atoms. The maximum Gasteiger partial charge on any atom is 0.239 e. The van der Waals surface area contributed by atoms with Crippen LogP contribution in [0, 0.1) is 5.92 Å². The highest BCUT2D eigenvalue weighted by Gasteiger charge is 2.33. The van der Waals surface area contributed by atoms with Crippen LogP contribution < -0.4 is 10.5 Å². The van der Waals surface area contributed by atoms with Gasteiger partial charge in [-0.25, -0.2) is 0 Å². The summed E-state index contributed by atoms with van der Waals surface area (Å²) in [5.41, 5.74) is 12.9. The molecular weight excluding hydrogens is 532 g/mol. The molecule has 0 saturated carbocycles. The Labute approximate surface area is 249 Å². The molecule has 1 atom stereocenters. The molecule has 6 rings (SSSR count). The second-order valence-electron chi connectivity index (χ2n) is 11.7. The molecule has 3 aliphatic rings. The van der Waals surface area contributed by atoms with Crippen LogP contribution in [0.25, 0.3) is 11.1 Å². The highest BCUT2D eigenvalue weighted by atomic mass is 35.5. The van der Waals surface area contributed by atoms with E-state index in [9.17, 15) is 4.79 Å². The lowest BCUT2D eigenvalue weighted by atomic mass is 9.88. The first kappa shape index (κ1) is 28.2. The number of amides is 1. The Kier molecular flexibility index (Phi) is 8.92. The molecule has 6 nitrogen and oxygen atoms in total. The minimum atomic E-state index is -0.410. The van der Waals surface area contributed by atoms with Gasteiger partial charge in [0.25, 0.3) is 0 Å². The van der Waals surface area contributed by atoms with Crippen molar-refractivity contribution in [3.63, 3.8) is 0 Å². The van der Waals surface area contributed by atoms with Crippen molar-refractivity contribution in [2.75, 3.05) is 52.4 Å². The van der Waals surface area contributed by atoms with Crippen molar-refractivity contribution in [1.82, 2.24) is 14.7 Å². The summed E-state index contributed by atoms with van der Waals surface area (Å²) in [6.07, 6.45) is 3.88. The molecule has 2 fully saturated rings. The summed E-state index contributed by atoms with van der Waals surface area (Å²) in [7, 11) is 0. The normalized spacial score (nSPS) is 19.1. The molecule has 7 heteroatoms. The summed E-state index contributed by atoms with van der Waals surface area (Å²) in [6.45, 7) is 7.81. The first-order valence-corrected chi connectivity index (χ1v) is 15.5. The molecule has 2 N–H and O–H groups in total. The number of nitrogens with zero attached hydrogens (tertiary/aromatic N) is 3. The summed E-state index contributed by atoms with van der Waals surface area (Å²) >= 11 is 6.37. The average Bonchev–Trinajstić information content (AvgIpc) is 3.51. The number of rotatable bonds is 8. The lowest BCUT2D eigenvalue weighted by Crippen LogP contribution is -2.55. The second-order valence-corrected chi connectivity index (χ2v) is 12.2. The number of para-hydroxylation sites is 1. The number of fused-ring (bicyclic) bond motifs is 1. The zero-order valence-corrected chi connectivity index (χ0v) is 24.6. The number of carbonyl (C=O) groups is 1. The van der Waals surface area contributed by atoms with Crippen LogP contribution in [0.2, 0.25) is 5.02 Å². The molecule has 3 aromatic rings. The minimum Gasteiger partial charge on any atom is -0.493 e. The third-order valence-electron chi connectivity index (χ3n) is 9.15. The Morgan fingerprint density at radius 2 is 1.68 bits per heavy atom. The number of hydrogen-bond donors (Lipinski definition) is 1. The van der Waals surface area contributed by atoms with Crippen molar-refractivity contribution in [2.24, 2.45) is 11.7 Å². The lowest BCUT2D eigenvalue weighted by Gasteiger charge is -2.39. The number of benzene rings is 3. The molecular formula is C34H41ClN4O2. The molecule has 0 unspecified atom stereocenters. The fourth-order valence-electron chi connectivity index (χ4n) is 6.67. The van der Waals surface area contributed by atoms with E-state index in [2.05, 4.69) is 64.4 Å². The molecule has 41 heavy (non-hydrogen) atoms. The van der Waals surface area contributed by atoms with E-state index in [1.165, 1.54) is 27.8 Å². The van der Waals surface area contributed by atoms with Crippen LogP contribution in [-0.2, 0) is 24.2 Å². The van der Waals surface area contributed by atoms with Crippen LogP contribution in [0.15, 0.2) is 66.7 Å². The molecule has 1 amide bonds. The molecule has 3 aromatic carbocycles. The zero-order chi connectivity index (χ0) is 28.2. The molecule has 2 saturated heterocycles. The SMILES string of the molecule is N[C@@H](C(=O)N1CCN(Cc2cccc3c2OCC3)CC1)C1CCN(CCc2cc(Cl)ccc2-c2ccccc2)CC1. The molecule has 0 aliphatic carbocycles. The van der Waals surface area contributed by atoms with Gasteiger partial charge in [-0.15, -0.1) is 0 Å². The number of ether oxygens (including phenoxy) is 1. The fourth-order valence-corrected chi connectivity index (χ4v) is 6.86. The van der Waals surface area contributed by atoms with Crippen molar-refractivity contribution in [2.45, 2.75) is 38.3 Å². The molecule has 0 radical (unpaired) electrons. The number of nitrogens with two attached hydrogens (primary N) is 1. The summed E-state index contributed by atoms with van der Waals surface area (Å²) < 4.78 is 5.89. The summed E-state index contributed by atoms with van der Waals surface area (Å²) in [4.78, 5) is 20.3. The summed E-state index contributed by atoms with van der Waals surface area (Å²) in [5.74, 6) is 1.44. The molecule has 3 heterocycles. The van der Waals surface area contributed by atoms with Crippen molar-refractivity contribution >= 4 is 17.5 Å². The number of piperidine rings is 1. The van der Waals surface area contributed by atoms with Gasteiger partial charge in [-0.05, 0) is 72.7 Å². The van der Waals surface area contributed by atoms with E-state index in [1.807, 2.05) is 17.0 Å². The number of carbonyl (C=O) groups excluding carboxylic acids is 1. The van der Waals surface area contributed by atoms with Crippen LogP contribution in [0.3, 0.4) is 0 Å². The van der Waals surface area contributed by atoms with Crippen LogP contribution >= 0.6 is 11.6 Å². The topological polar surface area (TPSA) is 62.0 Å². The number of likely N-dealkylation sites (tertiary alicyclic amines) is 1. The predicted molar refractivity (Wildman–Crippen MR) is 165 cm³/mol. The Hall–Kier alpha value is -2.90. The van der Waals surface area contributed by atoms with Gasteiger partial charge in [0.2, 0.25) is 5.91 Å².